The highest BCUT2D eigenvalue weighted by Gasteiger charge is 2.28. The average Bonchev–Trinajstić information content (AvgIpc) is 3.36. The third kappa shape index (κ3) is 6.71. The number of hydrogen-bond donors (Lipinski definition) is 1. The summed E-state index contributed by atoms with van der Waals surface area (Å²) in [6.45, 7) is 8.98. The number of imidazole rings is 1. The van der Waals surface area contributed by atoms with Crippen LogP contribution in [0.3, 0.4) is 0 Å². The standard InChI is InChI=1S/C23H33ClN4O4S/c1-16(2)26-22(29)27(14-21-9-6-10-32-21)13-20-12-25-23(28(20)17(3)4)33(30,31)15-18-7-5-8-19(24)11-18/h5,7-8,11-12,16-17,21H,6,9-10,13-15H2,1-4H3,(H,26,29)/t21-/m0/s1. The van der Waals surface area contributed by atoms with Crippen molar-refractivity contribution in [3.63, 3.8) is 0 Å². The molecule has 2 aromatic rings. The van der Waals surface area contributed by atoms with E-state index in [-0.39, 0.29) is 41.7 Å². The minimum Gasteiger partial charge on any atom is -0.376 e. The predicted molar refractivity (Wildman–Crippen MR) is 128 cm³/mol. The predicted octanol–water partition coefficient (Wildman–Crippen LogP) is 4.19. The third-order valence-electron chi connectivity index (χ3n) is 5.38. The Morgan fingerprint density at radius 2 is 2.09 bits per heavy atom. The largest absolute Gasteiger partial charge is 0.376 e. The number of halogens is 1. The molecule has 182 valence electrons. The van der Waals surface area contributed by atoms with Crippen molar-refractivity contribution in [3.05, 3.63) is 46.7 Å². The fourth-order valence-electron chi connectivity index (χ4n) is 3.97. The number of benzene rings is 1. The van der Waals surface area contributed by atoms with E-state index in [4.69, 9.17) is 16.3 Å². The van der Waals surface area contributed by atoms with Crippen molar-refractivity contribution < 1.29 is 17.9 Å². The van der Waals surface area contributed by atoms with Gasteiger partial charge in [-0.15, -0.1) is 0 Å². The molecule has 1 atom stereocenters. The molecule has 0 unspecified atom stereocenters. The summed E-state index contributed by atoms with van der Waals surface area (Å²) < 4.78 is 34.0. The second kappa shape index (κ2) is 10.9. The van der Waals surface area contributed by atoms with Crippen molar-refractivity contribution >= 4 is 27.5 Å². The van der Waals surface area contributed by atoms with Crippen LogP contribution in [-0.4, -0.2) is 54.2 Å². The Morgan fingerprint density at radius 1 is 1.33 bits per heavy atom. The second-order valence-electron chi connectivity index (χ2n) is 9.00. The Morgan fingerprint density at radius 3 is 2.70 bits per heavy atom. The fraction of sp³-hybridized carbons (Fsp3) is 0.565. The fourth-order valence-corrected chi connectivity index (χ4v) is 5.78. The molecular weight excluding hydrogens is 464 g/mol. The van der Waals surface area contributed by atoms with E-state index in [1.807, 2.05) is 27.7 Å². The van der Waals surface area contributed by atoms with Gasteiger partial charge in [-0.1, -0.05) is 23.7 Å². The third-order valence-corrected chi connectivity index (χ3v) is 7.19. The Kier molecular flexibility index (Phi) is 8.42. The van der Waals surface area contributed by atoms with Gasteiger partial charge in [-0.25, -0.2) is 18.2 Å². The van der Waals surface area contributed by atoms with Gasteiger partial charge >= 0.3 is 6.03 Å². The Bertz CT molecular complexity index is 1060. The van der Waals surface area contributed by atoms with Crippen LogP contribution in [0.1, 0.15) is 57.8 Å². The summed E-state index contributed by atoms with van der Waals surface area (Å²) in [6, 6.07) is 6.41. The van der Waals surface area contributed by atoms with Gasteiger partial charge in [-0.2, -0.15) is 0 Å². The number of carbonyl (C=O) groups excluding carboxylic acids is 1. The first-order valence-electron chi connectivity index (χ1n) is 11.3. The maximum absolute atomic E-state index is 13.3. The van der Waals surface area contributed by atoms with E-state index < -0.39 is 9.84 Å². The average molecular weight is 497 g/mol. The zero-order valence-electron chi connectivity index (χ0n) is 19.6. The molecule has 0 radical (unpaired) electrons. The summed E-state index contributed by atoms with van der Waals surface area (Å²) in [7, 11) is -3.73. The Labute approximate surface area is 201 Å². The monoisotopic (exact) mass is 496 g/mol. The molecule has 2 amide bonds. The van der Waals surface area contributed by atoms with Crippen molar-refractivity contribution in [2.24, 2.45) is 0 Å². The van der Waals surface area contributed by atoms with Gasteiger partial charge in [0.1, 0.15) is 0 Å². The number of ether oxygens (including phenoxy) is 1. The molecule has 3 rings (SSSR count). The molecule has 1 aliphatic heterocycles. The van der Waals surface area contributed by atoms with E-state index in [1.54, 1.807) is 39.9 Å². The lowest BCUT2D eigenvalue weighted by molar-refractivity contribution is 0.0783. The molecule has 2 heterocycles. The van der Waals surface area contributed by atoms with Crippen LogP contribution < -0.4 is 5.32 Å². The van der Waals surface area contributed by atoms with Crippen LogP contribution >= 0.6 is 11.6 Å². The van der Waals surface area contributed by atoms with Gasteiger partial charge in [0.05, 0.1) is 30.3 Å². The van der Waals surface area contributed by atoms with Crippen LogP contribution in [0.25, 0.3) is 0 Å². The molecule has 0 saturated carbocycles. The van der Waals surface area contributed by atoms with Crippen LogP contribution in [0.4, 0.5) is 4.79 Å². The number of nitrogens with one attached hydrogen (secondary N) is 1. The lowest BCUT2D eigenvalue weighted by Crippen LogP contribution is -2.45. The molecule has 33 heavy (non-hydrogen) atoms. The highest BCUT2D eigenvalue weighted by Crippen LogP contribution is 2.24. The van der Waals surface area contributed by atoms with Crippen molar-refractivity contribution in [1.29, 1.82) is 0 Å². The van der Waals surface area contributed by atoms with Crippen molar-refractivity contribution in [1.82, 2.24) is 19.8 Å². The molecule has 0 bridgehead atoms. The zero-order chi connectivity index (χ0) is 24.2. The van der Waals surface area contributed by atoms with Gasteiger partial charge in [0.15, 0.2) is 0 Å². The van der Waals surface area contributed by atoms with Gasteiger partial charge < -0.3 is 19.5 Å². The Balaban J connectivity index is 1.89. The highest BCUT2D eigenvalue weighted by molar-refractivity contribution is 7.90. The number of amides is 2. The molecule has 1 saturated heterocycles. The maximum atomic E-state index is 13.3. The normalized spacial score (nSPS) is 16.5. The first-order chi connectivity index (χ1) is 15.6. The van der Waals surface area contributed by atoms with E-state index in [1.165, 1.54) is 0 Å². The van der Waals surface area contributed by atoms with Gasteiger partial charge in [0.25, 0.3) is 0 Å². The van der Waals surface area contributed by atoms with Crippen molar-refractivity contribution in [3.8, 4) is 0 Å². The number of aromatic nitrogens is 2. The quantitative estimate of drug-likeness (QED) is 0.561. The molecule has 10 heteroatoms. The lowest BCUT2D eigenvalue weighted by Gasteiger charge is -2.27. The number of sulfone groups is 1. The van der Waals surface area contributed by atoms with Gasteiger partial charge in [0, 0.05) is 30.3 Å². The molecule has 0 aliphatic carbocycles. The van der Waals surface area contributed by atoms with Gasteiger partial charge in [0.2, 0.25) is 15.0 Å². The Hall–Kier alpha value is -2.10. The molecule has 0 spiro atoms. The van der Waals surface area contributed by atoms with E-state index in [0.717, 1.165) is 12.8 Å². The molecule has 1 N–H and O–H groups in total. The van der Waals surface area contributed by atoms with Crippen LogP contribution in [0, 0.1) is 0 Å². The molecule has 8 nitrogen and oxygen atoms in total. The van der Waals surface area contributed by atoms with Crippen molar-refractivity contribution in [2.75, 3.05) is 13.2 Å². The van der Waals surface area contributed by atoms with Gasteiger partial charge in [-0.05, 0) is 58.2 Å². The summed E-state index contributed by atoms with van der Waals surface area (Å²) in [6.07, 6.45) is 3.40. The summed E-state index contributed by atoms with van der Waals surface area (Å²) in [5.41, 5.74) is 1.25. The SMILES string of the molecule is CC(C)NC(=O)N(Cc1cnc(S(=O)(=O)Cc2cccc(Cl)c2)n1C(C)C)C[C@@H]1CCCO1. The smallest absolute Gasteiger partial charge is 0.318 e. The number of nitrogens with zero attached hydrogens (tertiary/aromatic N) is 3. The first-order valence-corrected chi connectivity index (χ1v) is 13.3. The van der Waals surface area contributed by atoms with Crippen LogP contribution in [0.2, 0.25) is 5.02 Å². The van der Waals surface area contributed by atoms with Crippen LogP contribution in [0.5, 0.6) is 0 Å². The molecule has 1 aromatic heterocycles. The summed E-state index contributed by atoms with van der Waals surface area (Å²) in [5, 5.41) is 3.41. The van der Waals surface area contributed by atoms with Crippen LogP contribution in [-0.2, 0) is 26.9 Å². The zero-order valence-corrected chi connectivity index (χ0v) is 21.2. The highest BCUT2D eigenvalue weighted by atomic mass is 35.5. The van der Waals surface area contributed by atoms with Crippen LogP contribution in [0.15, 0.2) is 35.6 Å². The van der Waals surface area contributed by atoms with E-state index in [2.05, 4.69) is 10.3 Å². The summed E-state index contributed by atoms with van der Waals surface area (Å²) >= 11 is 6.03. The number of urea groups is 1. The number of hydrogen-bond acceptors (Lipinski definition) is 5. The minimum absolute atomic E-state index is 0.00573. The minimum atomic E-state index is -3.73. The van der Waals surface area contributed by atoms with E-state index >= 15 is 0 Å². The second-order valence-corrected chi connectivity index (χ2v) is 11.3. The molecular formula is C23H33ClN4O4S. The van der Waals surface area contributed by atoms with E-state index in [0.29, 0.717) is 29.4 Å². The first kappa shape index (κ1) is 25.5. The summed E-state index contributed by atoms with van der Waals surface area (Å²) in [5.74, 6) is -0.204. The number of rotatable bonds is 9. The summed E-state index contributed by atoms with van der Waals surface area (Å²) in [4.78, 5) is 18.9. The lowest BCUT2D eigenvalue weighted by atomic mass is 10.2. The van der Waals surface area contributed by atoms with Gasteiger partial charge in [-0.3, -0.25) is 0 Å². The number of carbonyl (C=O) groups is 1. The molecule has 1 fully saturated rings. The topological polar surface area (TPSA) is 93.5 Å². The maximum Gasteiger partial charge on any atom is 0.318 e. The van der Waals surface area contributed by atoms with Crippen molar-refractivity contribution in [2.45, 2.75) is 76.2 Å². The molecule has 1 aromatic carbocycles. The molecule has 1 aliphatic rings. The van der Waals surface area contributed by atoms with E-state index in [9.17, 15) is 13.2 Å².